The van der Waals surface area contributed by atoms with Crippen molar-refractivity contribution >= 4 is 11.6 Å². The summed E-state index contributed by atoms with van der Waals surface area (Å²) in [5.74, 6) is 1.55. The predicted octanol–water partition coefficient (Wildman–Crippen LogP) is 2.16. The molecule has 1 N–H and O–H groups in total. The van der Waals surface area contributed by atoms with Gasteiger partial charge < -0.3 is 19.3 Å². The van der Waals surface area contributed by atoms with E-state index >= 15 is 0 Å². The van der Waals surface area contributed by atoms with E-state index in [1.165, 1.54) is 0 Å². The molecule has 2 rings (SSSR count). The van der Waals surface area contributed by atoms with Crippen LogP contribution in [0, 0.1) is 0 Å². The van der Waals surface area contributed by atoms with Crippen LogP contribution in [0.4, 0.5) is 5.69 Å². The fourth-order valence-electron chi connectivity index (χ4n) is 2.85. The van der Waals surface area contributed by atoms with Crippen molar-refractivity contribution in [2.75, 3.05) is 32.7 Å². The van der Waals surface area contributed by atoms with Gasteiger partial charge in [0.05, 0.1) is 20.8 Å². The Bertz CT molecular complexity index is 718. The van der Waals surface area contributed by atoms with Gasteiger partial charge in [-0.05, 0) is 44.2 Å². The Balaban J connectivity index is 2.06. The summed E-state index contributed by atoms with van der Waals surface area (Å²) in [6.07, 6.45) is 0. The Morgan fingerprint density at radius 2 is 1.85 bits per heavy atom. The molecule has 0 heterocycles. The first-order chi connectivity index (χ1) is 12.5. The summed E-state index contributed by atoms with van der Waals surface area (Å²) in [6, 6.07) is 15.5. The van der Waals surface area contributed by atoms with E-state index in [1.54, 1.807) is 12.0 Å². The number of nitrogens with zero attached hydrogens (tertiary/aromatic N) is 1. The molecule has 1 unspecified atom stereocenters. The van der Waals surface area contributed by atoms with Gasteiger partial charge in [0.1, 0.15) is 6.54 Å². The van der Waals surface area contributed by atoms with Gasteiger partial charge in [0.15, 0.2) is 17.5 Å². The average Bonchev–Trinajstić information content (AvgIpc) is 2.68. The smallest absolute Gasteiger partial charge is 0.284 e. The van der Waals surface area contributed by atoms with E-state index in [0.717, 1.165) is 34.2 Å². The number of carbonyl (C=O) groups is 1. The van der Waals surface area contributed by atoms with Crippen LogP contribution in [0.1, 0.15) is 19.4 Å². The Morgan fingerprint density at radius 1 is 1.15 bits per heavy atom. The number of ether oxygens (including phenoxy) is 2. The third kappa shape index (κ3) is 4.76. The van der Waals surface area contributed by atoms with Crippen LogP contribution in [0.3, 0.4) is 0 Å². The molecule has 140 valence electrons. The molecule has 0 radical (unpaired) electrons. The van der Waals surface area contributed by atoms with Gasteiger partial charge in [-0.25, -0.2) is 0 Å². The number of hydrogen-bond donors (Lipinski definition) is 1. The Labute approximate surface area is 156 Å². The van der Waals surface area contributed by atoms with Crippen LogP contribution in [0.25, 0.3) is 0 Å². The van der Waals surface area contributed by atoms with Crippen molar-refractivity contribution in [3.05, 3.63) is 54.1 Å². The number of methoxy groups -OCH3 is 1. The van der Waals surface area contributed by atoms with Crippen LogP contribution in [0.5, 0.6) is 11.5 Å². The number of anilines is 1. The van der Waals surface area contributed by atoms with Crippen molar-refractivity contribution in [2.45, 2.75) is 26.4 Å². The molecule has 1 amide bonds. The van der Waals surface area contributed by atoms with Gasteiger partial charge in [0.25, 0.3) is 5.91 Å². The lowest BCUT2D eigenvalue weighted by Gasteiger charge is -2.26. The molecule has 0 aliphatic carbocycles. The second-order valence-electron chi connectivity index (χ2n) is 6.40. The maximum absolute atomic E-state index is 12.8. The first kappa shape index (κ1) is 19.8. The molecular weight excluding hydrogens is 328 g/mol. The average molecular weight is 357 g/mol. The third-order valence-electron chi connectivity index (χ3n) is 4.59. The molecule has 0 bridgehead atoms. The quantitative estimate of drug-likeness (QED) is 0.787. The minimum atomic E-state index is -0.169. The maximum atomic E-state index is 12.8. The van der Waals surface area contributed by atoms with E-state index in [4.69, 9.17) is 9.47 Å². The molecule has 0 aromatic heterocycles. The number of benzene rings is 2. The van der Waals surface area contributed by atoms with Crippen molar-refractivity contribution in [2.24, 2.45) is 0 Å². The van der Waals surface area contributed by atoms with Gasteiger partial charge in [-0.3, -0.25) is 4.79 Å². The zero-order valence-electron chi connectivity index (χ0n) is 16.3. The Hall–Kier alpha value is -2.53. The fourth-order valence-corrected chi connectivity index (χ4v) is 2.85. The molecule has 0 saturated heterocycles. The lowest BCUT2D eigenvalue weighted by molar-refractivity contribution is -0.908. The minimum Gasteiger partial charge on any atom is -0.493 e. The highest BCUT2D eigenvalue weighted by Gasteiger charge is 2.26. The number of quaternary nitrogens is 1. The van der Waals surface area contributed by atoms with Gasteiger partial charge in [0, 0.05) is 18.3 Å². The number of nitrogens with one attached hydrogen (secondary N) is 1. The number of likely N-dealkylation sites (N-methyl/N-ethyl adjacent to an activating group) is 2. The van der Waals surface area contributed by atoms with Crippen LogP contribution in [-0.4, -0.2) is 39.8 Å². The van der Waals surface area contributed by atoms with Gasteiger partial charge in [-0.15, -0.1) is 0 Å². The summed E-state index contributed by atoms with van der Waals surface area (Å²) in [4.78, 5) is 15.6. The molecule has 0 saturated carbocycles. The summed E-state index contributed by atoms with van der Waals surface area (Å²) in [5.41, 5.74) is 2.00. The van der Waals surface area contributed by atoms with E-state index in [1.807, 2.05) is 76.5 Å². The molecule has 26 heavy (non-hydrogen) atoms. The number of carbonyl (C=O) groups excluding carboxylic acids is 1. The van der Waals surface area contributed by atoms with Crippen molar-refractivity contribution in [3.63, 3.8) is 0 Å². The molecule has 0 aliphatic heterocycles. The second-order valence-corrected chi connectivity index (χ2v) is 6.40. The van der Waals surface area contributed by atoms with Crippen molar-refractivity contribution in [1.82, 2.24) is 0 Å². The summed E-state index contributed by atoms with van der Waals surface area (Å²) in [7, 11) is 5.49. The first-order valence-corrected chi connectivity index (χ1v) is 8.92. The van der Waals surface area contributed by atoms with Gasteiger partial charge in [-0.1, -0.05) is 18.2 Å². The monoisotopic (exact) mass is 357 g/mol. The molecular formula is C21H29N2O3+. The van der Waals surface area contributed by atoms with Gasteiger partial charge in [0.2, 0.25) is 0 Å². The third-order valence-corrected chi connectivity index (χ3v) is 4.59. The van der Waals surface area contributed by atoms with Gasteiger partial charge >= 0.3 is 0 Å². The molecule has 0 aliphatic rings. The zero-order chi connectivity index (χ0) is 19.1. The van der Waals surface area contributed by atoms with E-state index in [0.29, 0.717) is 6.61 Å². The van der Waals surface area contributed by atoms with E-state index < -0.39 is 0 Å². The second kappa shape index (κ2) is 9.25. The van der Waals surface area contributed by atoms with Gasteiger partial charge in [-0.2, -0.15) is 0 Å². The SMILES string of the molecule is CCOc1ccc(C[NH+](C)[C@H](C)C(=O)N(C)c2ccccc2)cc1OC. The topological polar surface area (TPSA) is 43.2 Å². The zero-order valence-corrected chi connectivity index (χ0v) is 16.3. The lowest BCUT2D eigenvalue weighted by Crippen LogP contribution is -3.12. The van der Waals surface area contributed by atoms with Crippen molar-refractivity contribution in [1.29, 1.82) is 0 Å². The largest absolute Gasteiger partial charge is 0.493 e. The standard InChI is InChI=1S/C21H28N2O3/c1-6-26-19-13-12-17(14-20(19)25-5)15-22(3)16(2)21(24)23(4)18-10-8-7-9-11-18/h7-14,16H,6,15H2,1-5H3/p+1/t16-/m1/s1. The molecule has 0 fully saturated rings. The normalized spacial score (nSPS) is 13.0. The molecule has 5 nitrogen and oxygen atoms in total. The van der Waals surface area contributed by atoms with Crippen LogP contribution in [0.15, 0.2) is 48.5 Å². The molecule has 2 aromatic carbocycles. The van der Waals surface area contributed by atoms with Crippen LogP contribution < -0.4 is 19.3 Å². The Morgan fingerprint density at radius 3 is 2.46 bits per heavy atom. The fraction of sp³-hybridized carbons (Fsp3) is 0.381. The summed E-state index contributed by atoms with van der Waals surface area (Å²) in [6.45, 7) is 5.22. The summed E-state index contributed by atoms with van der Waals surface area (Å²) < 4.78 is 11.0. The molecule has 0 spiro atoms. The highest BCUT2D eigenvalue weighted by atomic mass is 16.5. The van der Waals surface area contributed by atoms with Crippen molar-refractivity contribution in [3.8, 4) is 11.5 Å². The Kier molecular flexibility index (Phi) is 7.04. The van der Waals surface area contributed by atoms with Crippen LogP contribution in [0.2, 0.25) is 0 Å². The molecule has 2 atom stereocenters. The number of hydrogen-bond acceptors (Lipinski definition) is 3. The molecule has 2 aromatic rings. The van der Waals surface area contributed by atoms with Crippen molar-refractivity contribution < 1.29 is 19.2 Å². The lowest BCUT2D eigenvalue weighted by atomic mass is 10.1. The number of amides is 1. The minimum absolute atomic E-state index is 0.0894. The summed E-state index contributed by atoms with van der Waals surface area (Å²) in [5, 5.41) is 0. The molecule has 5 heteroatoms. The maximum Gasteiger partial charge on any atom is 0.284 e. The predicted molar refractivity (Wildman–Crippen MR) is 104 cm³/mol. The first-order valence-electron chi connectivity index (χ1n) is 8.92. The highest BCUT2D eigenvalue weighted by Crippen LogP contribution is 2.27. The number of rotatable bonds is 8. The van der Waals surface area contributed by atoms with Crippen LogP contribution >= 0.6 is 0 Å². The summed E-state index contributed by atoms with van der Waals surface area (Å²) >= 11 is 0. The highest BCUT2D eigenvalue weighted by molar-refractivity contribution is 5.95. The van der Waals surface area contributed by atoms with Crippen LogP contribution in [-0.2, 0) is 11.3 Å². The number of para-hydroxylation sites is 1. The van der Waals surface area contributed by atoms with E-state index in [9.17, 15) is 4.79 Å². The van der Waals surface area contributed by atoms with E-state index in [-0.39, 0.29) is 11.9 Å². The van der Waals surface area contributed by atoms with E-state index in [2.05, 4.69) is 0 Å².